The number of aromatic nitrogens is 2. The van der Waals surface area contributed by atoms with Gasteiger partial charge >= 0.3 is 6.18 Å². The van der Waals surface area contributed by atoms with Crippen LogP contribution >= 0.6 is 11.6 Å². The number of fused-ring (bicyclic) bond motifs is 1. The molecule has 3 heterocycles. The number of alkyl halides is 3. The van der Waals surface area contributed by atoms with E-state index in [4.69, 9.17) is 20.9 Å². The first kappa shape index (κ1) is 22.4. The zero-order valence-corrected chi connectivity index (χ0v) is 18.9. The summed E-state index contributed by atoms with van der Waals surface area (Å²) >= 11 is 5.98. The molecule has 35 heavy (non-hydrogen) atoms. The molecule has 0 saturated heterocycles. The molecule has 182 valence electrons. The number of nitrogens with one attached hydrogen (secondary N) is 1. The summed E-state index contributed by atoms with van der Waals surface area (Å²) in [6.45, 7) is 0. The number of halogens is 4. The van der Waals surface area contributed by atoms with Gasteiger partial charge in [0.25, 0.3) is 5.91 Å². The molecule has 3 saturated carbocycles. The van der Waals surface area contributed by atoms with Crippen molar-refractivity contribution in [2.75, 3.05) is 0 Å². The van der Waals surface area contributed by atoms with E-state index in [9.17, 15) is 23.1 Å². The van der Waals surface area contributed by atoms with Gasteiger partial charge in [0.05, 0.1) is 6.10 Å². The van der Waals surface area contributed by atoms with E-state index in [1.54, 1.807) is 24.3 Å². The number of aliphatic hydroxyl groups is 1. The van der Waals surface area contributed by atoms with Crippen LogP contribution < -0.4 is 10.1 Å². The van der Waals surface area contributed by atoms with Crippen LogP contribution in [0.5, 0.6) is 5.75 Å². The Hall–Kier alpha value is -3.11. The number of hydrogen-bond acceptors (Lipinski definition) is 6. The van der Waals surface area contributed by atoms with Crippen LogP contribution in [0, 0.1) is 0 Å². The average molecular weight is 506 g/mol. The summed E-state index contributed by atoms with van der Waals surface area (Å²) in [6, 6.07) is 8.86. The topological polar surface area (TPSA) is 97.5 Å². The summed E-state index contributed by atoms with van der Waals surface area (Å²) in [5, 5.41) is 18.0. The van der Waals surface area contributed by atoms with Gasteiger partial charge in [0.2, 0.25) is 0 Å². The van der Waals surface area contributed by atoms with E-state index in [0.717, 1.165) is 12.3 Å². The molecule has 1 aromatic carbocycles. The monoisotopic (exact) mass is 505 g/mol. The van der Waals surface area contributed by atoms with Crippen LogP contribution in [0.1, 0.15) is 48.8 Å². The molecular formula is C24H19ClF3N3O4. The smallest absolute Gasteiger partial charge is 0.433 e. The summed E-state index contributed by atoms with van der Waals surface area (Å²) in [7, 11) is 0. The molecule has 7 rings (SSSR count). The Morgan fingerprint density at radius 1 is 1.17 bits per heavy atom. The molecule has 11 heteroatoms. The maximum atomic E-state index is 12.9. The van der Waals surface area contributed by atoms with Crippen molar-refractivity contribution >= 4 is 17.5 Å². The van der Waals surface area contributed by atoms with Crippen LogP contribution in [0.4, 0.5) is 13.2 Å². The Balaban J connectivity index is 1.09. The van der Waals surface area contributed by atoms with Crippen LogP contribution in [0.2, 0.25) is 5.02 Å². The van der Waals surface area contributed by atoms with Crippen molar-refractivity contribution < 1.29 is 32.3 Å². The fraction of sp³-hybridized carbons (Fsp3) is 0.375. The summed E-state index contributed by atoms with van der Waals surface area (Å²) in [5.74, 6) is 0.792. The predicted molar refractivity (Wildman–Crippen MR) is 117 cm³/mol. The average Bonchev–Trinajstić information content (AvgIpc) is 3.25. The molecule has 0 unspecified atom stereocenters. The standard InChI is InChI=1S/C24H19ClF3N3O4/c25-13-2-3-17-14(5-13)16(32)7-18(34-17)21(33)30-23-9-22(10-23,11-23)20-6-15(31-35-20)12-1-4-19(29-8-12)24(26,27)28/h1-6,8,16,18,32H,7,9-11H2,(H,30,33)/t16-,18-,22?,23?/m1/s1. The zero-order chi connectivity index (χ0) is 24.6. The quantitative estimate of drug-likeness (QED) is 0.538. The minimum absolute atomic E-state index is 0.132. The van der Waals surface area contributed by atoms with Crippen molar-refractivity contribution in [1.29, 1.82) is 0 Å². The van der Waals surface area contributed by atoms with Gasteiger partial charge in [-0.1, -0.05) is 16.8 Å². The maximum absolute atomic E-state index is 12.9. The molecule has 2 atom stereocenters. The lowest BCUT2D eigenvalue weighted by atomic mass is 9.38. The second-order valence-electron chi connectivity index (χ2n) is 9.63. The fourth-order valence-electron chi connectivity index (χ4n) is 5.48. The number of aliphatic hydroxyl groups excluding tert-OH is 1. The molecule has 1 amide bonds. The van der Waals surface area contributed by atoms with Gasteiger partial charge in [-0.15, -0.1) is 0 Å². The van der Waals surface area contributed by atoms with Gasteiger partial charge in [0.15, 0.2) is 6.10 Å². The van der Waals surface area contributed by atoms with Crippen LogP contribution in [0.25, 0.3) is 11.3 Å². The highest BCUT2D eigenvalue weighted by molar-refractivity contribution is 6.30. The van der Waals surface area contributed by atoms with Gasteiger partial charge in [0, 0.05) is 45.8 Å². The van der Waals surface area contributed by atoms with Crippen molar-refractivity contribution in [2.24, 2.45) is 0 Å². The zero-order valence-electron chi connectivity index (χ0n) is 18.1. The SMILES string of the molecule is O=C(NC12CC(c3cc(-c4ccc(C(F)(F)F)nc4)no3)(C1)C2)[C@H]1C[C@@H](O)c2cc(Cl)ccc2O1. The van der Waals surface area contributed by atoms with Crippen molar-refractivity contribution in [3.8, 4) is 17.0 Å². The third-order valence-corrected chi connectivity index (χ3v) is 7.37. The van der Waals surface area contributed by atoms with E-state index in [1.165, 1.54) is 6.07 Å². The lowest BCUT2D eigenvalue weighted by molar-refractivity contribution is -0.149. The van der Waals surface area contributed by atoms with Crippen molar-refractivity contribution in [3.05, 3.63) is 64.6 Å². The summed E-state index contributed by atoms with van der Waals surface area (Å²) in [6.07, 6.45) is -2.93. The minimum atomic E-state index is -4.50. The van der Waals surface area contributed by atoms with Crippen LogP contribution in [0.3, 0.4) is 0 Å². The lowest BCUT2D eigenvalue weighted by Gasteiger charge is -2.69. The molecule has 1 aliphatic heterocycles. The first-order valence-corrected chi connectivity index (χ1v) is 11.4. The summed E-state index contributed by atoms with van der Waals surface area (Å²) < 4.78 is 49.5. The van der Waals surface area contributed by atoms with E-state index in [0.29, 0.717) is 52.6 Å². The molecule has 2 aromatic heterocycles. The Morgan fingerprint density at radius 2 is 1.94 bits per heavy atom. The van der Waals surface area contributed by atoms with Gasteiger partial charge in [0.1, 0.15) is 22.9 Å². The van der Waals surface area contributed by atoms with Crippen molar-refractivity contribution in [3.63, 3.8) is 0 Å². The highest BCUT2D eigenvalue weighted by Crippen LogP contribution is 2.68. The summed E-state index contributed by atoms with van der Waals surface area (Å²) in [5.41, 5.74) is -0.188. The number of pyridine rings is 1. The Bertz CT molecular complexity index is 1300. The number of hydrogen-bond donors (Lipinski definition) is 2. The van der Waals surface area contributed by atoms with Crippen LogP contribution in [0.15, 0.2) is 47.1 Å². The third kappa shape index (κ3) is 3.66. The Morgan fingerprint density at radius 3 is 2.63 bits per heavy atom. The van der Waals surface area contributed by atoms with Gasteiger partial charge < -0.3 is 19.7 Å². The normalized spacial score (nSPS) is 28.8. The van der Waals surface area contributed by atoms with E-state index in [2.05, 4.69) is 15.5 Å². The molecule has 0 spiro atoms. The Labute approximate surface area is 202 Å². The van der Waals surface area contributed by atoms with Gasteiger partial charge in [-0.25, -0.2) is 0 Å². The second kappa shape index (κ2) is 7.44. The number of carbonyl (C=O) groups excluding carboxylic acids is 1. The van der Waals surface area contributed by atoms with Crippen molar-refractivity contribution in [2.45, 2.75) is 55.0 Å². The maximum Gasteiger partial charge on any atom is 0.433 e. The van der Waals surface area contributed by atoms with E-state index in [-0.39, 0.29) is 23.3 Å². The minimum Gasteiger partial charge on any atom is -0.480 e. The number of ether oxygens (including phenoxy) is 1. The predicted octanol–water partition coefficient (Wildman–Crippen LogP) is 4.58. The molecule has 2 bridgehead atoms. The number of carbonyl (C=O) groups is 1. The van der Waals surface area contributed by atoms with E-state index >= 15 is 0 Å². The molecule has 0 radical (unpaired) electrons. The molecular weight excluding hydrogens is 487 g/mol. The van der Waals surface area contributed by atoms with E-state index < -0.39 is 24.1 Å². The second-order valence-corrected chi connectivity index (χ2v) is 10.1. The molecule has 3 aliphatic carbocycles. The van der Waals surface area contributed by atoms with Crippen LogP contribution in [-0.4, -0.2) is 32.8 Å². The highest BCUT2D eigenvalue weighted by atomic mass is 35.5. The molecule has 7 nitrogen and oxygen atoms in total. The first-order chi connectivity index (χ1) is 16.6. The van der Waals surface area contributed by atoms with Gasteiger partial charge in [-0.05, 0) is 49.6 Å². The highest BCUT2D eigenvalue weighted by Gasteiger charge is 2.71. The summed E-state index contributed by atoms with van der Waals surface area (Å²) in [4.78, 5) is 16.3. The molecule has 2 N–H and O–H groups in total. The van der Waals surface area contributed by atoms with E-state index in [1.807, 2.05) is 0 Å². The number of nitrogens with zero attached hydrogens (tertiary/aromatic N) is 2. The molecule has 3 fully saturated rings. The number of benzene rings is 1. The fourth-order valence-corrected chi connectivity index (χ4v) is 5.66. The number of rotatable bonds is 4. The lowest BCUT2D eigenvalue weighted by Crippen LogP contribution is -2.77. The third-order valence-electron chi connectivity index (χ3n) is 7.13. The van der Waals surface area contributed by atoms with Crippen molar-refractivity contribution in [1.82, 2.24) is 15.5 Å². The molecule has 3 aromatic rings. The van der Waals surface area contributed by atoms with Crippen LogP contribution in [-0.2, 0) is 16.4 Å². The van der Waals surface area contributed by atoms with Gasteiger partial charge in [-0.3, -0.25) is 9.78 Å². The number of amides is 1. The molecule has 4 aliphatic rings. The Kier molecular flexibility index (Phi) is 4.76. The van der Waals surface area contributed by atoms with Gasteiger partial charge in [-0.2, -0.15) is 13.2 Å². The largest absolute Gasteiger partial charge is 0.480 e. The first-order valence-electron chi connectivity index (χ1n) is 11.0.